The van der Waals surface area contributed by atoms with Crippen molar-refractivity contribution in [3.63, 3.8) is 0 Å². The molecule has 1 aromatic rings. The molecule has 2 rings (SSSR count). The standard InChI is InChI=1S/C18H29N5O3/c1-12(2)10-19-18(26)16-11-23(22-21-16)15-7-5-14(6-8-15)20-17(25)9-4-13(3)24/h11-12,14-15H,4-10H2,1-3H3,(H,19,26)(H,20,25). The summed E-state index contributed by atoms with van der Waals surface area (Å²) in [6, 6.07) is 0.336. The third-order valence-electron chi connectivity index (χ3n) is 4.55. The highest BCUT2D eigenvalue weighted by atomic mass is 16.2. The molecule has 1 aromatic heterocycles. The lowest BCUT2D eigenvalue weighted by Crippen LogP contribution is -2.38. The fourth-order valence-corrected chi connectivity index (χ4v) is 3.02. The van der Waals surface area contributed by atoms with Gasteiger partial charge in [-0.25, -0.2) is 4.68 Å². The number of carbonyl (C=O) groups is 3. The fourth-order valence-electron chi connectivity index (χ4n) is 3.02. The smallest absolute Gasteiger partial charge is 0.273 e. The third-order valence-corrected chi connectivity index (χ3v) is 4.55. The van der Waals surface area contributed by atoms with E-state index in [0.717, 1.165) is 25.7 Å². The van der Waals surface area contributed by atoms with Crippen molar-refractivity contribution < 1.29 is 14.4 Å². The zero-order valence-electron chi connectivity index (χ0n) is 15.8. The molecule has 144 valence electrons. The van der Waals surface area contributed by atoms with E-state index in [2.05, 4.69) is 20.9 Å². The molecule has 0 radical (unpaired) electrons. The summed E-state index contributed by atoms with van der Waals surface area (Å²) in [5.74, 6) is 0.156. The number of Topliss-reactive ketones (excluding diaryl/α,β-unsaturated/α-hetero) is 1. The van der Waals surface area contributed by atoms with Crippen LogP contribution in [0.5, 0.6) is 0 Å². The van der Waals surface area contributed by atoms with Crippen LogP contribution in [0.4, 0.5) is 0 Å². The van der Waals surface area contributed by atoms with E-state index in [1.165, 1.54) is 6.92 Å². The quantitative estimate of drug-likeness (QED) is 0.730. The predicted octanol–water partition coefficient (Wildman–Crippen LogP) is 1.63. The van der Waals surface area contributed by atoms with Gasteiger partial charge in [0.05, 0.1) is 12.2 Å². The Bertz CT molecular complexity index is 633. The Hall–Kier alpha value is -2.25. The number of aromatic nitrogens is 3. The van der Waals surface area contributed by atoms with Crippen LogP contribution in [0.3, 0.4) is 0 Å². The van der Waals surface area contributed by atoms with Crippen LogP contribution in [-0.2, 0) is 9.59 Å². The Kier molecular flexibility index (Phi) is 7.29. The molecule has 2 amide bonds. The minimum atomic E-state index is -0.198. The lowest BCUT2D eigenvalue weighted by molar-refractivity contribution is -0.125. The van der Waals surface area contributed by atoms with Gasteiger partial charge in [0.25, 0.3) is 5.91 Å². The lowest BCUT2D eigenvalue weighted by Gasteiger charge is -2.28. The summed E-state index contributed by atoms with van der Waals surface area (Å²) in [6.07, 6.45) is 5.69. The number of hydrogen-bond acceptors (Lipinski definition) is 5. The number of nitrogens with one attached hydrogen (secondary N) is 2. The van der Waals surface area contributed by atoms with Gasteiger partial charge in [0.1, 0.15) is 5.78 Å². The van der Waals surface area contributed by atoms with Crippen molar-refractivity contribution in [1.82, 2.24) is 25.6 Å². The van der Waals surface area contributed by atoms with E-state index in [-0.39, 0.29) is 36.1 Å². The molecule has 8 heteroatoms. The topological polar surface area (TPSA) is 106 Å². The van der Waals surface area contributed by atoms with Gasteiger partial charge < -0.3 is 15.4 Å². The number of hydrogen-bond donors (Lipinski definition) is 2. The minimum absolute atomic E-state index is 0.0308. The van der Waals surface area contributed by atoms with Gasteiger partial charge >= 0.3 is 0 Å². The summed E-state index contributed by atoms with van der Waals surface area (Å²) >= 11 is 0. The number of amides is 2. The van der Waals surface area contributed by atoms with Crippen LogP contribution in [0.15, 0.2) is 6.20 Å². The normalized spacial score (nSPS) is 20.0. The molecule has 2 N–H and O–H groups in total. The molecule has 1 fully saturated rings. The number of carbonyl (C=O) groups excluding carboxylic acids is 3. The molecule has 0 saturated heterocycles. The third kappa shape index (κ3) is 6.24. The maximum Gasteiger partial charge on any atom is 0.273 e. The predicted molar refractivity (Wildman–Crippen MR) is 96.5 cm³/mol. The van der Waals surface area contributed by atoms with Gasteiger partial charge in [-0.15, -0.1) is 5.10 Å². The number of rotatable bonds is 8. The van der Waals surface area contributed by atoms with E-state index in [1.807, 2.05) is 13.8 Å². The maximum atomic E-state index is 12.0. The van der Waals surface area contributed by atoms with E-state index in [1.54, 1.807) is 10.9 Å². The average Bonchev–Trinajstić information content (AvgIpc) is 3.08. The van der Waals surface area contributed by atoms with E-state index >= 15 is 0 Å². The minimum Gasteiger partial charge on any atom is -0.353 e. The molecule has 0 aromatic carbocycles. The van der Waals surface area contributed by atoms with E-state index < -0.39 is 0 Å². The molecule has 1 aliphatic carbocycles. The SMILES string of the molecule is CC(=O)CCC(=O)NC1CCC(n2cc(C(=O)NCC(C)C)nn2)CC1. The Morgan fingerprint density at radius 1 is 1.19 bits per heavy atom. The van der Waals surface area contributed by atoms with Crippen molar-refractivity contribution in [2.45, 2.75) is 71.4 Å². The van der Waals surface area contributed by atoms with Gasteiger partial charge in [0.2, 0.25) is 5.91 Å². The second-order valence-corrected chi connectivity index (χ2v) is 7.46. The molecule has 1 aliphatic rings. The van der Waals surface area contributed by atoms with E-state index in [0.29, 0.717) is 24.6 Å². The summed E-state index contributed by atoms with van der Waals surface area (Å²) in [5.41, 5.74) is 0.338. The summed E-state index contributed by atoms with van der Waals surface area (Å²) in [6.45, 7) is 6.18. The zero-order valence-corrected chi connectivity index (χ0v) is 15.8. The Morgan fingerprint density at radius 2 is 1.88 bits per heavy atom. The van der Waals surface area contributed by atoms with Gasteiger partial charge in [-0.2, -0.15) is 0 Å². The summed E-state index contributed by atoms with van der Waals surface area (Å²) in [5, 5.41) is 13.9. The first-order valence-corrected chi connectivity index (χ1v) is 9.34. The zero-order chi connectivity index (χ0) is 19.1. The molecular formula is C18H29N5O3. The van der Waals surface area contributed by atoms with Gasteiger partial charge in [-0.05, 0) is 38.5 Å². The Labute approximate surface area is 154 Å². The first kappa shape index (κ1) is 20.1. The van der Waals surface area contributed by atoms with Gasteiger partial charge in [0.15, 0.2) is 5.69 Å². The Morgan fingerprint density at radius 3 is 2.50 bits per heavy atom. The largest absolute Gasteiger partial charge is 0.353 e. The fraction of sp³-hybridized carbons (Fsp3) is 0.722. The molecular weight excluding hydrogens is 334 g/mol. The van der Waals surface area contributed by atoms with Gasteiger partial charge in [-0.1, -0.05) is 19.1 Å². The van der Waals surface area contributed by atoms with Crippen LogP contribution in [0.2, 0.25) is 0 Å². The van der Waals surface area contributed by atoms with Crippen molar-refractivity contribution >= 4 is 17.6 Å². The highest BCUT2D eigenvalue weighted by molar-refractivity contribution is 5.91. The first-order valence-electron chi connectivity index (χ1n) is 9.34. The van der Waals surface area contributed by atoms with Crippen LogP contribution < -0.4 is 10.6 Å². The second kappa shape index (κ2) is 9.45. The average molecular weight is 363 g/mol. The van der Waals surface area contributed by atoms with Crippen molar-refractivity contribution in [2.75, 3.05) is 6.54 Å². The highest BCUT2D eigenvalue weighted by Gasteiger charge is 2.25. The van der Waals surface area contributed by atoms with Crippen molar-refractivity contribution in [3.8, 4) is 0 Å². The molecule has 0 unspecified atom stereocenters. The lowest BCUT2D eigenvalue weighted by atomic mass is 9.91. The summed E-state index contributed by atoms with van der Waals surface area (Å²) < 4.78 is 1.76. The van der Waals surface area contributed by atoms with Gasteiger partial charge in [-0.3, -0.25) is 9.59 Å². The maximum absolute atomic E-state index is 12.0. The molecule has 1 heterocycles. The first-order chi connectivity index (χ1) is 12.3. The number of ketones is 1. The molecule has 0 spiro atoms. The van der Waals surface area contributed by atoms with Crippen molar-refractivity contribution in [3.05, 3.63) is 11.9 Å². The molecule has 8 nitrogen and oxygen atoms in total. The van der Waals surface area contributed by atoms with E-state index in [9.17, 15) is 14.4 Å². The highest BCUT2D eigenvalue weighted by Crippen LogP contribution is 2.28. The monoisotopic (exact) mass is 363 g/mol. The van der Waals surface area contributed by atoms with Crippen LogP contribution in [0.25, 0.3) is 0 Å². The molecule has 0 aliphatic heterocycles. The number of nitrogens with zero attached hydrogens (tertiary/aromatic N) is 3. The van der Waals surface area contributed by atoms with Crippen LogP contribution in [0.1, 0.15) is 75.8 Å². The van der Waals surface area contributed by atoms with E-state index in [4.69, 9.17) is 0 Å². The van der Waals surface area contributed by atoms with Crippen LogP contribution in [0, 0.1) is 5.92 Å². The summed E-state index contributed by atoms with van der Waals surface area (Å²) in [4.78, 5) is 34.8. The molecule has 26 heavy (non-hydrogen) atoms. The van der Waals surface area contributed by atoms with Crippen molar-refractivity contribution in [1.29, 1.82) is 0 Å². The Balaban J connectivity index is 1.78. The summed E-state index contributed by atoms with van der Waals surface area (Å²) in [7, 11) is 0. The van der Waals surface area contributed by atoms with Gasteiger partial charge in [0, 0.05) is 25.4 Å². The second-order valence-electron chi connectivity index (χ2n) is 7.46. The molecule has 0 atom stereocenters. The molecule has 1 saturated carbocycles. The van der Waals surface area contributed by atoms with Crippen LogP contribution >= 0.6 is 0 Å². The van der Waals surface area contributed by atoms with Crippen molar-refractivity contribution in [2.24, 2.45) is 5.92 Å². The van der Waals surface area contributed by atoms with Crippen LogP contribution in [-0.4, -0.2) is 45.2 Å². The molecule has 0 bridgehead atoms.